The van der Waals surface area contributed by atoms with Crippen LogP contribution in [0, 0.1) is 0 Å². The van der Waals surface area contributed by atoms with Gasteiger partial charge >= 0.3 is 18.5 Å². The molecule has 1 N–H and O–H groups in total. The van der Waals surface area contributed by atoms with E-state index in [0.29, 0.717) is 0 Å². The van der Waals surface area contributed by atoms with Crippen molar-refractivity contribution in [1.29, 1.82) is 0 Å². The van der Waals surface area contributed by atoms with Crippen LogP contribution in [0.25, 0.3) is 0 Å². The van der Waals surface area contributed by atoms with Crippen LogP contribution in [0.5, 0.6) is 5.75 Å². The molecule has 88 valence electrons. The zero-order chi connectivity index (χ0) is 12.3. The summed E-state index contributed by atoms with van der Waals surface area (Å²) in [5.41, 5.74) is -0.720. The van der Waals surface area contributed by atoms with Crippen LogP contribution in [0.4, 0.5) is 17.6 Å². The fourth-order valence-electron chi connectivity index (χ4n) is 0.822. The first-order valence-corrected chi connectivity index (χ1v) is 3.87. The first-order valence-electron chi connectivity index (χ1n) is 3.87. The highest BCUT2D eigenvalue weighted by atomic mass is 19.3. The van der Waals surface area contributed by atoms with Crippen molar-refractivity contribution >= 4 is 5.97 Å². The number of pyridine rings is 1. The van der Waals surface area contributed by atoms with E-state index in [0.717, 1.165) is 18.5 Å². The minimum Gasteiger partial charge on any atom is -0.477 e. The normalized spacial score (nSPS) is 11.6. The van der Waals surface area contributed by atoms with Gasteiger partial charge in [-0.1, -0.05) is 0 Å². The number of alkyl halides is 4. The molecule has 1 aromatic rings. The van der Waals surface area contributed by atoms with Gasteiger partial charge in [0.05, 0.1) is 0 Å². The second-order valence-electron chi connectivity index (χ2n) is 2.64. The lowest BCUT2D eigenvalue weighted by molar-refractivity contribution is -0.253. The molecule has 0 amide bonds. The summed E-state index contributed by atoms with van der Waals surface area (Å²) in [5.74, 6) is -2.47. The van der Waals surface area contributed by atoms with E-state index in [2.05, 4.69) is 9.72 Å². The number of carbonyl (C=O) groups is 1. The molecule has 1 aromatic heterocycles. The topological polar surface area (TPSA) is 59.4 Å². The lowest BCUT2D eigenvalue weighted by atomic mass is 10.2. The van der Waals surface area contributed by atoms with Crippen molar-refractivity contribution in [3.05, 3.63) is 24.0 Å². The van der Waals surface area contributed by atoms with Gasteiger partial charge in [0, 0.05) is 12.4 Å². The highest BCUT2D eigenvalue weighted by molar-refractivity contribution is 5.90. The molecule has 4 nitrogen and oxygen atoms in total. The lowest BCUT2D eigenvalue weighted by Crippen LogP contribution is -2.34. The molecule has 0 aliphatic rings. The third kappa shape index (κ3) is 2.59. The molecule has 8 heteroatoms. The Bertz CT molecular complexity index is 397. The number of aromatic carboxylic acids is 1. The van der Waals surface area contributed by atoms with Crippen LogP contribution in [0.3, 0.4) is 0 Å². The van der Waals surface area contributed by atoms with Crippen molar-refractivity contribution in [3.8, 4) is 5.75 Å². The van der Waals surface area contributed by atoms with Gasteiger partial charge in [0.25, 0.3) is 0 Å². The largest absolute Gasteiger partial charge is 0.477 e. The molecule has 0 saturated heterocycles. The van der Waals surface area contributed by atoms with Crippen molar-refractivity contribution in [2.75, 3.05) is 0 Å². The zero-order valence-electron chi connectivity index (χ0n) is 7.53. The van der Waals surface area contributed by atoms with Gasteiger partial charge in [-0.2, -0.15) is 17.6 Å². The van der Waals surface area contributed by atoms with Gasteiger partial charge in [-0.15, -0.1) is 0 Å². The maximum Gasteiger partial charge on any atom is 0.461 e. The summed E-state index contributed by atoms with van der Waals surface area (Å²) in [4.78, 5) is 13.9. The minimum atomic E-state index is -4.74. The number of hydrogen-bond donors (Lipinski definition) is 1. The van der Waals surface area contributed by atoms with E-state index in [4.69, 9.17) is 5.11 Å². The van der Waals surface area contributed by atoms with Crippen LogP contribution in [-0.2, 0) is 0 Å². The maximum atomic E-state index is 12.5. The number of carboxylic acid groups (broad SMARTS) is 1. The number of rotatable bonds is 4. The third-order valence-electron chi connectivity index (χ3n) is 1.51. The Hall–Kier alpha value is -1.86. The second-order valence-corrected chi connectivity index (χ2v) is 2.64. The molecule has 0 unspecified atom stereocenters. The molecule has 0 fully saturated rings. The summed E-state index contributed by atoms with van der Waals surface area (Å²) >= 11 is 0. The summed E-state index contributed by atoms with van der Waals surface area (Å²) in [6.45, 7) is 0. The van der Waals surface area contributed by atoms with Gasteiger partial charge < -0.3 is 9.84 Å². The Morgan fingerprint density at radius 3 is 2.62 bits per heavy atom. The number of halogens is 4. The number of hydrogen-bond acceptors (Lipinski definition) is 3. The van der Waals surface area contributed by atoms with Crippen LogP contribution in [-0.4, -0.2) is 28.6 Å². The molecule has 0 spiro atoms. The number of carboxylic acids is 1. The van der Waals surface area contributed by atoms with E-state index in [-0.39, 0.29) is 0 Å². The number of ether oxygens (including phenoxy) is 1. The van der Waals surface area contributed by atoms with E-state index >= 15 is 0 Å². The zero-order valence-corrected chi connectivity index (χ0v) is 7.53. The first kappa shape index (κ1) is 12.2. The highest BCUT2D eigenvalue weighted by Crippen LogP contribution is 2.29. The van der Waals surface area contributed by atoms with Crippen LogP contribution in [0.15, 0.2) is 18.5 Å². The van der Waals surface area contributed by atoms with Crippen molar-refractivity contribution in [3.63, 3.8) is 0 Å². The molecule has 0 radical (unpaired) electrons. The summed E-state index contributed by atoms with van der Waals surface area (Å²) in [6, 6.07) is 0.764. The predicted molar refractivity (Wildman–Crippen MR) is 42.8 cm³/mol. The molecule has 0 aliphatic carbocycles. The third-order valence-corrected chi connectivity index (χ3v) is 1.51. The molecule has 1 rings (SSSR count). The van der Waals surface area contributed by atoms with Gasteiger partial charge in [-0.3, -0.25) is 4.98 Å². The van der Waals surface area contributed by atoms with Gasteiger partial charge in [0.2, 0.25) is 0 Å². The van der Waals surface area contributed by atoms with Crippen molar-refractivity contribution in [1.82, 2.24) is 4.98 Å². The molecular weight excluding hydrogens is 234 g/mol. The molecule has 0 saturated carbocycles. The number of aromatic nitrogens is 1. The first-order chi connectivity index (χ1) is 7.34. The summed E-state index contributed by atoms with van der Waals surface area (Å²) in [6.07, 6.45) is -7.13. The summed E-state index contributed by atoms with van der Waals surface area (Å²) in [5, 5.41) is 8.55. The molecular formula is C8H5F4NO3. The van der Waals surface area contributed by atoms with Crippen molar-refractivity contribution in [2.24, 2.45) is 0 Å². The van der Waals surface area contributed by atoms with Gasteiger partial charge in [-0.05, 0) is 6.07 Å². The Kier molecular flexibility index (Phi) is 3.31. The second kappa shape index (κ2) is 4.33. The lowest BCUT2D eigenvalue weighted by Gasteiger charge is -2.17. The van der Waals surface area contributed by atoms with E-state index in [9.17, 15) is 22.4 Å². The SMILES string of the molecule is O=C(O)c1cnccc1OC(F)(F)C(F)F. The Morgan fingerprint density at radius 1 is 1.50 bits per heavy atom. The molecule has 0 aromatic carbocycles. The summed E-state index contributed by atoms with van der Waals surface area (Å²) < 4.78 is 52.2. The Labute approximate surface area is 86.5 Å². The smallest absolute Gasteiger partial charge is 0.461 e. The fraction of sp³-hybridized carbons (Fsp3) is 0.250. The van der Waals surface area contributed by atoms with Crippen LogP contribution >= 0.6 is 0 Å². The molecule has 1 heterocycles. The van der Waals surface area contributed by atoms with Gasteiger partial charge in [0.15, 0.2) is 0 Å². The fourth-order valence-corrected chi connectivity index (χ4v) is 0.822. The van der Waals surface area contributed by atoms with Crippen molar-refractivity contribution in [2.45, 2.75) is 12.5 Å². The van der Waals surface area contributed by atoms with E-state index in [1.165, 1.54) is 0 Å². The van der Waals surface area contributed by atoms with Crippen molar-refractivity contribution < 1.29 is 32.2 Å². The van der Waals surface area contributed by atoms with E-state index in [1.807, 2.05) is 0 Å². The van der Waals surface area contributed by atoms with Gasteiger partial charge in [-0.25, -0.2) is 4.79 Å². The molecule has 0 aliphatic heterocycles. The predicted octanol–water partition coefficient (Wildman–Crippen LogP) is 2.02. The van der Waals surface area contributed by atoms with Crippen LogP contribution in [0.2, 0.25) is 0 Å². The minimum absolute atomic E-state index is 0.720. The van der Waals surface area contributed by atoms with Crippen LogP contribution < -0.4 is 4.74 Å². The molecule has 0 atom stereocenters. The van der Waals surface area contributed by atoms with Gasteiger partial charge in [0.1, 0.15) is 11.3 Å². The molecule has 0 bridgehead atoms. The Balaban J connectivity index is 3.02. The monoisotopic (exact) mass is 239 g/mol. The van der Waals surface area contributed by atoms with E-state index in [1.54, 1.807) is 0 Å². The standard InChI is InChI=1S/C8H5F4NO3/c9-7(10)8(11,12)16-5-1-2-13-3-4(5)6(14)15/h1-3,7H,(H,14,15). The average molecular weight is 239 g/mol. The maximum absolute atomic E-state index is 12.5. The van der Waals surface area contributed by atoms with E-state index < -0.39 is 29.8 Å². The number of nitrogens with zero attached hydrogens (tertiary/aromatic N) is 1. The quantitative estimate of drug-likeness (QED) is 0.816. The molecule has 16 heavy (non-hydrogen) atoms. The average Bonchev–Trinajstić information content (AvgIpc) is 2.17. The Morgan fingerprint density at radius 2 is 2.12 bits per heavy atom. The van der Waals surface area contributed by atoms with Crippen LogP contribution in [0.1, 0.15) is 10.4 Å². The summed E-state index contributed by atoms with van der Waals surface area (Å²) in [7, 11) is 0. The highest BCUT2D eigenvalue weighted by Gasteiger charge is 2.44.